The van der Waals surface area contributed by atoms with Crippen molar-refractivity contribution < 1.29 is 4.74 Å². The summed E-state index contributed by atoms with van der Waals surface area (Å²) in [5.74, 6) is 2.17. The first-order valence-corrected chi connectivity index (χ1v) is 8.21. The van der Waals surface area contributed by atoms with E-state index < -0.39 is 0 Å². The number of aromatic nitrogens is 3. The van der Waals surface area contributed by atoms with E-state index in [0.29, 0.717) is 19.1 Å². The maximum Gasteiger partial charge on any atom is 0.229 e. The van der Waals surface area contributed by atoms with E-state index in [4.69, 9.17) is 4.74 Å². The van der Waals surface area contributed by atoms with E-state index in [0.717, 1.165) is 28.5 Å². The Morgan fingerprint density at radius 3 is 2.64 bits per heavy atom. The van der Waals surface area contributed by atoms with Gasteiger partial charge < -0.3 is 15.4 Å². The molecule has 6 nitrogen and oxygen atoms in total. The standard InChI is InChI=1S/C19H21N5O/c1-3-25-17-8-6-16(7-9-17)23-19-22-14(2)11-18(24-19)21-13-15-5-4-10-20-12-15/h4-12H,3,13H2,1-2H3,(H2,21,22,23,24). The second kappa shape index (κ2) is 8.10. The number of nitrogens with zero attached hydrogens (tertiary/aromatic N) is 3. The molecule has 25 heavy (non-hydrogen) atoms. The molecule has 2 heterocycles. The summed E-state index contributed by atoms with van der Waals surface area (Å²) in [6.45, 7) is 5.22. The van der Waals surface area contributed by atoms with Crippen molar-refractivity contribution in [1.29, 1.82) is 0 Å². The van der Waals surface area contributed by atoms with Gasteiger partial charge in [0, 0.05) is 36.4 Å². The molecule has 6 heteroatoms. The first-order chi connectivity index (χ1) is 12.2. The van der Waals surface area contributed by atoms with Crippen LogP contribution in [0.15, 0.2) is 54.9 Å². The van der Waals surface area contributed by atoms with Crippen LogP contribution in [0, 0.1) is 6.92 Å². The fourth-order valence-electron chi connectivity index (χ4n) is 2.34. The monoisotopic (exact) mass is 335 g/mol. The Kier molecular flexibility index (Phi) is 5.41. The first kappa shape index (κ1) is 16.7. The number of aryl methyl sites for hydroxylation is 1. The van der Waals surface area contributed by atoms with Crippen LogP contribution in [-0.4, -0.2) is 21.6 Å². The van der Waals surface area contributed by atoms with Crippen LogP contribution < -0.4 is 15.4 Å². The lowest BCUT2D eigenvalue weighted by atomic mass is 10.3. The van der Waals surface area contributed by atoms with Gasteiger partial charge in [0.2, 0.25) is 5.95 Å². The van der Waals surface area contributed by atoms with Crippen LogP contribution in [-0.2, 0) is 6.54 Å². The van der Waals surface area contributed by atoms with Gasteiger partial charge in [-0.2, -0.15) is 4.98 Å². The molecule has 0 aliphatic carbocycles. The minimum absolute atomic E-state index is 0.554. The van der Waals surface area contributed by atoms with Crippen LogP contribution in [0.1, 0.15) is 18.2 Å². The van der Waals surface area contributed by atoms with Crippen molar-refractivity contribution in [3.8, 4) is 5.75 Å². The fourth-order valence-corrected chi connectivity index (χ4v) is 2.34. The largest absolute Gasteiger partial charge is 0.494 e. The highest BCUT2D eigenvalue weighted by atomic mass is 16.5. The van der Waals surface area contributed by atoms with Crippen molar-refractivity contribution in [1.82, 2.24) is 15.0 Å². The average Bonchev–Trinajstić information content (AvgIpc) is 2.62. The Hall–Kier alpha value is -3.15. The minimum atomic E-state index is 0.554. The quantitative estimate of drug-likeness (QED) is 0.681. The molecule has 0 fully saturated rings. The van der Waals surface area contributed by atoms with E-state index in [1.165, 1.54) is 0 Å². The lowest BCUT2D eigenvalue weighted by molar-refractivity contribution is 0.340. The Labute approximate surface area is 147 Å². The zero-order chi connectivity index (χ0) is 17.5. The number of hydrogen-bond donors (Lipinski definition) is 2. The molecular weight excluding hydrogens is 314 g/mol. The molecular formula is C19H21N5O. The molecule has 1 aromatic carbocycles. The highest BCUT2D eigenvalue weighted by molar-refractivity contribution is 5.56. The summed E-state index contributed by atoms with van der Waals surface area (Å²) in [5.41, 5.74) is 2.89. The minimum Gasteiger partial charge on any atom is -0.494 e. The Morgan fingerprint density at radius 2 is 1.92 bits per heavy atom. The van der Waals surface area contributed by atoms with Crippen molar-refractivity contribution in [2.24, 2.45) is 0 Å². The van der Waals surface area contributed by atoms with Crippen molar-refractivity contribution in [2.45, 2.75) is 20.4 Å². The zero-order valence-electron chi connectivity index (χ0n) is 14.4. The number of rotatable bonds is 7. The molecule has 0 radical (unpaired) electrons. The molecule has 0 aliphatic rings. The molecule has 0 aliphatic heterocycles. The van der Waals surface area contributed by atoms with Crippen LogP contribution >= 0.6 is 0 Å². The molecule has 0 amide bonds. The third kappa shape index (κ3) is 4.91. The number of nitrogens with one attached hydrogen (secondary N) is 2. The van der Waals surface area contributed by atoms with Crippen molar-refractivity contribution in [2.75, 3.05) is 17.2 Å². The van der Waals surface area contributed by atoms with Gasteiger partial charge in [0.05, 0.1) is 6.61 Å². The lowest BCUT2D eigenvalue weighted by Gasteiger charge is -2.10. The average molecular weight is 335 g/mol. The molecule has 0 unspecified atom stereocenters. The summed E-state index contributed by atoms with van der Waals surface area (Å²) in [7, 11) is 0. The molecule has 2 N–H and O–H groups in total. The van der Waals surface area contributed by atoms with E-state index >= 15 is 0 Å². The molecule has 0 saturated carbocycles. The van der Waals surface area contributed by atoms with E-state index in [1.54, 1.807) is 6.20 Å². The molecule has 0 spiro atoms. The van der Waals surface area contributed by atoms with E-state index in [1.807, 2.05) is 62.5 Å². The highest BCUT2D eigenvalue weighted by Gasteiger charge is 2.04. The van der Waals surface area contributed by atoms with Crippen LogP contribution in [0.25, 0.3) is 0 Å². The smallest absolute Gasteiger partial charge is 0.229 e. The van der Waals surface area contributed by atoms with Crippen LogP contribution in [0.4, 0.5) is 17.5 Å². The second-order valence-electron chi connectivity index (χ2n) is 5.52. The number of pyridine rings is 1. The highest BCUT2D eigenvalue weighted by Crippen LogP contribution is 2.19. The Morgan fingerprint density at radius 1 is 1.08 bits per heavy atom. The summed E-state index contributed by atoms with van der Waals surface area (Å²) < 4.78 is 5.45. The van der Waals surface area contributed by atoms with Gasteiger partial charge in [0.25, 0.3) is 0 Å². The maximum absolute atomic E-state index is 5.45. The number of benzene rings is 1. The van der Waals surface area contributed by atoms with Crippen molar-refractivity contribution in [3.63, 3.8) is 0 Å². The topological polar surface area (TPSA) is 72.0 Å². The Bertz CT molecular complexity index is 806. The van der Waals surface area contributed by atoms with E-state index in [9.17, 15) is 0 Å². The van der Waals surface area contributed by atoms with Crippen LogP contribution in [0.3, 0.4) is 0 Å². The third-order valence-corrected chi connectivity index (χ3v) is 3.47. The third-order valence-electron chi connectivity index (χ3n) is 3.47. The predicted molar refractivity (Wildman–Crippen MR) is 99.2 cm³/mol. The van der Waals surface area contributed by atoms with Gasteiger partial charge in [-0.1, -0.05) is 6.07 Å². The number of anilines is 3. The van der Waals surface area contributed by atoms with Crippen molar-refractivity contribution >= 4 is 17.5 Å². The second-order valence-corrected chi connectivity index (χ2v) is 5.52. The first-order valence-electron chi connectivity index (χ1n) is 8.21. The van der Waals surface area contributed by atoms with Gasteiger partial charge >= 0.3 is 0 Å². The molecule has 3 rings (SSSR count). The zero-order valence-corrected chi connectivity index (χ0v) is 14.4. The molecule has 3 aromatic rings. The SMILES string of the molecule is CCOc1ccc(Nc2nc(C)cc(NCc3cccnc3)n2)cc1. The number of hydrogen-bond acceptors (Lipinski definition) is 6. The van der Waals surface area contributed by atoms with E-state index in [2.05, 4.69) is 25.6 Å². The molecule has 0 bridgehead atoms. The van der Waals surface area contributed by atoms with Gasteiger partial charge in [-0.05, 0) is 49.7 Å². The molecule has 2 aromatic heterocycles. The maximum atomic E-state index is 5.45. The fraction of sp³-hybridized carbons (Fsp3) is 0.211. The summed E-state index contributed by atoms with van der Waals surface area (Å²) >= 11 is 0. The van der Waals surface area contributed by atoms with Gasteiger partial charge in [0.1, 0.15) is 11.6 Å². The van der Waals surface area contributed by atoms with Gasteiger partial charge in [0.15, 0.2) is 0 Å². The molecule has 0 atom stereocenters. The van der Waals surface area contributed by atoms with Crippen LogP contribution in [0.2, 0.25) is 0 Å². The van der Waals surface area contributed by atoms with E-state index in [-0.39, 0.29) is 0 Å². The summed E-state index contributed by atoms with van der Waals surface area (Å²) in [6, 6.07) is 13.6. The summed E-state index contributed by atoms with van der Waals surface area (Å²) in [4.78, 5) is 13.1. The lowest BCUT2D eigenvalue weighted by Crippen LogP contribution is -2.05. The van der Waals surface area contributed by atoms with Crippen LogP contribution in [0.5, 0.6) is 5.75 Å². The van der Waals surface area contributed by atoms with Crippen molar-refractivity contribution in [3.05, 3.63) is 66.1 Å². The summed E-state index contributed by atoms with van der Waals surface area (Å²) in [6.07, 6.45) is 3.59. The predicted octanol–water partition coefficient (Wildman–Crippen LogP) is 3.93. The van der Waals surface area contributed by atoms with Gasteiger partial charge in [-0.15, -0.1) is 0 Å². The summed E-state index contributed by atoms with van der Waals surface area (Å²) in [5, 5.41) is 6.53. The molecule has 128 valence electrons. The van der Waals surface area contributed by atoms with Gasteiger partial charge in [-0.3, -0.25) is 4.98 Å². The Balaban J connectivity index is 1.68. The normalized spacial score (nSPS) is 10.3. The number of ether oxygens (including phenoxy) is 1. The van der Waals surface area contributed by atoms with Gasteiger partial charge in [-0.25, -0.2) is 4.98 Å². The molecule has 0 saturated heterocycles.